The molecule has 2 atom stereocenters. The Morgan fingerprint density at radius 3 is 1.68 bits per heavy atom. The van der Waals surface area contributed by atoms with Crippen LogP contribution in [0.25, 0.3) is 21.5 Å². The van der Waals surface area contributed by atoms with Gasteiger partial charge in [-0.3, -0.25) is 0 Å². The van der Waals surface area contributed by atoms with Crippen molar-refractivity contribution >= 4 is 21.5 Å². The number of aryl methyl sites for hydroxylation is 1. The zero-order valence-corrected chi connectivity index (χ0v) is 18.0. The monoisotopic (exact) mass is 378 g/mol. The first-order valence-electron chi connectivity index (χ1n) is 10.9. The summed E-state index contributed by atoms with van der Waals surface area (Å²) in [5.41, 5.74) is 1.32. The van der Waals surface area contributed by atoms with E-state index in [0.29, 0.717) is 0 Å². The minimum absolute atomic E-state index is 0.188. The van der Waals surface area contributed by atoms with Gasteiger partial charge < -0.3 is 9.47 Å². The van der Waals surface area contributed by atoms with E-state index in [0.717, 1.165) is 59.8 Å². The van der Waals surface area contributed by atoms with Crippen LogP contribution in [0.15, 0.2) is 42.5 Å². The Bertz CT molecular complexity index is 929. The normalized spacial score (nSPS) is 13.6. The molecular weight excluding hydrogens is 344 g/mol. The van der Waals surface area contributed by atoms with E-state index in [2.05, 4.69) is 77.1 Å². The van der Waals surface area contributed by atoms with Crippen LogP contribution in [0.3, 0.4) is 0 Å². The molecule has 2 heteroatoms. The second-order valence-corrected chi connectivity index (χ2v) is 7.87. The van der Waals surface area contributed by atoms with Gasteiger partial charge in [-0.1, -0.05) is 70.0 Å². The first-order chi connectivity index (χ1) is 13.6. The molecule has 0 saturated carbocycles. The molecule has 0 spiro atoms. The summed E-state index contributed by atoms with van der Waals surface area (Å²) in [6, 6.07) is 15.2. The molecule has 0 N–H and O–H groups in total. The molecular formula is C26H34O2. The van der Waals surface area contributed by atoms with E-state index in [4.69, 9.17) is 9.47 Å². The van der Waals surface area contributed by atoms with Gasteiger partial charge in [0.2, 0.25) is 0 Å². The van der Waals surface area contributed by atoms with Crippen molar-refractivity contribution in [2.75, 3.05) is 0 Å². The molecule has 3 aromatic rings. The molecule has 28 heavy (non-hydrogen) atoms. The largest absolute Gasteiger partial charge is 0.489 e. The van der Waals surface area contributed by atoms with Crippen molar-refractivity contribution in [1.82, 2.24) is 0 Å². The maximum atomic E-state index is 6.53. The van der Waals surface area contributed by atoms with Gasteiger partial charge in [-0.2, -0.15) is 0 Å². The highest BCUT2D eigenvalue weighted by Gasteiger charge is 2.19. The van der Waals surface area contributed by atoms with Gasteiger partial charge in [0.25, 0.3) is 0 Å². The Morgan fingerprint density at radius 1 is 0.679 bits per heavy atom. The lowest BCUT2D eigenvalue weighted by Crippen LogP contribution is -2.13. The number of rotatable bonds is 9. The molecule has 0 aliphatic rings. The fourth-order valence-corrected chi connectivity index (χ4v) is 3.95. The first-order valence-corrected chi connectivity index (χ1v) is 10.9. The summed E-state index contributed by atoms with van der Waals surface area (Å²) in [5.74, 6) is 1.99. The SMILES string of the molecule is CCCC(C)Oc1c2ccccc2c(OC(C)CCC)c2cc(CC)ccc12. The minimum atomic E-state index is 0.188. The number of fused-ring (bicyclic) bond motifs is 2. The molecule has 0 aromatic heterocycles. The van der Waals surface area contributed by atoms with Crippen molar-refractivity contribution in [3.8, 4) is 11.5 Å². The molecule has 150 valence electrons. The van der Waals surface area contributed by atoms with Gasteiger partial charge in [0.1, 0.15) is 11.5 Å². The van der Waals surface area contributed by atoms with Crippen LogP contribution < -0.4 is 9.47 Å². The molecule has 0 amide bonds. The van der Waals surface area contributed by atoms with Crippen LogP contribution in [0.2, 0.25) is 0 Å². The van der Waals surface area contributed by atoms with Gasteiger partial charge in [0.05, 0.1) is 12.2 Å². The predicted molar refractivity (Wildman–Crippen MR) is 121 cm³/mol. The van der Waals surface area contributed by atoms with E-state index in [1.54, 1.807) is 0 Å². The standard InChI is InChI=1S/C26H34O2/c1-6-11-18(4)27-25-21-13-9-10-14-22(21)26(28-19(5)12-7-2)24-17-20(8-3)15-16-23(24)25/h9-10,13-19H,6-8,11-12H2,1-5H3. The minimum Gasteiger partial charge on any atom is -0.489 e. The average Bonchev–Trinajstić information content (AvgIpc) is 2.70. The quantitative estimate of drug-likeness (QED) is 0.355. The average molecular weight is 379 g/mol. The highest BCUT2D eigenvalue weighted by Crippen LogP contribution is 2.44. The maximum absolute atomic E-state index is 6.53. The Morgan fingerprint density at radius 2 is 1.18 bits per heavy atom. The summed E-state index contributed by atoms with van der Waals surface area (Å²) < 4.78 is 13.0. The summed E-state index contributed by atoms with van der Waals surface area (Å²) >= 11 is 0. The third-order valence-electron chi connectivity index (χ3n) is 5.43. The van der Waals surface area contributed by atoms with Gasteiger partial charge in [0.15, 0.2) is 0 Å². The lowest BCUT2D eigenvalue weighted by Gasteiger charge is -2.23. The van der Waals surface area contributed by atoms with Crippen LogP contribution in [0, 0.1) is 0 Å². The summed E-state index contributed by atoms with van der Waals surface area (Å²) in [6.45, 7) is 10.9. The molecule has 0 heterocycles. The third kappa shape index (κ3) is 4.27. The van der Waals surface area contributed by atoms with Crippen LogP contribution in [-0.2, 0) is 6.42 Å². The summed E-state index contributed by atoms with van der Waals surface area (Å²) in [5, 5.41) is 4.60. The van der Waals surface area contributed by atoms with E-state index >= 15 is 0 Å². The van der Waals surface area contributed by atoms with E-state index < -0.39 is 0 Å². The fraction of sp³-hybridized carbons (Fsp3) is 0.462. The fourth-order valence-electron chi connectivity index (χ4n) is 3.95. The van der Waals surface area contributed by atoms with Gasteiger partial charge >= 0.3 is 0 Å². The number of benzene rings is 3. The number of hydrogen-bond acceptors (Lipinski definition) is 2. The van der Waals surface area contributed by atoms with E-state index in [9.17, 15) is 0 Å². The maximum Gasteiger partial charge on any atom is 0.135 e. The van der Waals surface area contributed by atoms with Crippen LogP contribution in [0.4, 0.5) is 0 Å². The number of ether oxygens (including phenoxy) is 2. The molecule has 0 fully saturated rings. The topological polar surface area (TPSA) is 18.5 Å². The highest BCUT2D eigenvalue weighted by atomic mass is 16.5. The lowest BCUT2D eigenvalue weighted by molar-refractivity contribution is 0.211. The Labute approximate surface area is 169 Å². The van der Waals surface area contributed by atoms with Gasteiger partial charge in [-0.05, 0) is 44.7 Å². The number of hydrogen-bond donors (Lipinski definition) is 0. The van der Waals surface area contributed by atoms with Gasteiger partial charge in [-0.25, -0.2) is 0 Å². The van der Waals surface area contributed by atoms with Crippen LogP contribution in [-0.4, -0.2) is 12.2 Å². The van der Waals surface area contributed by atoms with Crippen molar-refractivity contribution < 1.29 is 9.47 Å². The second-order valence-electron chi connectivity index (χ2n) is 7.87. The van der Waals surface area contributed by atoms with Crippen LogP contribution in [0.5, 0.6) is 11.5 Å². The van der Waals surface area contributed by atoms with Crippen molar-refractivity contribution in [2.24, 2.45) is 0 Å². The second kappa shape index (κ2) is 9.32. The van der Waals surface area contributed by atoms with Gasteiger partial charge in [-0.15, -0.1) is 0 Å². The van der Waals surface area contributed by atoms with Crippen LogP contribution >= 0.6 is 0 Å². The molecule has 3 rings (SSSR count). The molecule has 0 aliphatic carbocycles. The molecule has 0 bridgehead atoms. The van der Waals surface area contributed by atoms with E-state index in [-0.39, 0.29) is 12.2 Å². The Balaban J connectivity index is 2.27. The Hall–Kier alpha value is -2.22. The van der Waals surface area contributed by atoms with Crippen molar-refractivity contribution in [3.05, 3.63) is 48.0 Å². The molecule has 2 unspecified atom stereocenters. The molecule has 2 nitrogen and oxygen atoms in total. The molecule has 0 saturated heterocycles. The van der Waals surface area contributed by atoms with Crippen molar-refractivity contribution in [3.63, 3.8) is 0 Å². The third-order valence-corrected chi connectivity index (χ3v) is 5.43. The summed E-state index contributed by atoms with van der Waals surface area (Å²) in [4.78, 5) is 0. The molecule has 0 aliphatic heterocycles. The Kier molecular flexibility index (Phi) is 6.83. The van der Waals surface area contributed by atoms with Crippen molar-refractivity contribution in [1.29, 1.82) is 0 Å². The summed E-state index contributed by atoms with van der Waals surface area (Å²) in [6.07, 6.45) is 5.72. The zero-order chi connectivity index (χ0) is 20.1. The lowest BCUT2D eigenvalue weighted by atomic mass is 9.98. The first kappa shape index (κ1) is 20.5. The van der Waals surface area contributed by atoms with E-state index in [1.807, 2.05) is 0 Å². The zero-order valence-electron chi connectivity index (χ0n) is 18.0. The smallest absolute Gasteiger partial charge is 0.135 e. The van der Waals surface area contributed by atoms with Gasteiger partial charge in [0, 0.05) is 21.5 Å². The molecule has 3 aromatic carbocycles. The van der Waals surface area contributed by atoms with E-state index in [1.165, 1.54) is 10.9 Å². The predicted octanol–water partition coefficient (Wildman–Crippen LogP) is 7.69. The highest BCUT2D eigenvalue weighted by molar-refractivity contribution is 6.11. The summed E-state index contributed by atoms with van der Waals surface area (Å²) in [7, 11) is 0. The van der Waals surface area contributed by atoms with Crippen molar-refractivity contribution in [2.45, 2.75) is 78.9 Å². The molecule has 0 radical (unpaired) electrons. The van der Waals surface area contributed by atoms with Crippen LogP contribution in [0.1, 0.15) is 65.9 Å².